The number of methoxy groups -OCH3 is 1. The van der Waals surface area contributed by atoms with E-state index in [0.29, 0.717) is 16.3 Å². The van der Waals surface area contributed by atoms with E-state index in [1.54, 1.807) is 31.4 Å². The molecule has 144 valence electrons. The minimum Gasteiger partial charge on any atom is -0.497 e. The summed E-state index contributed by atoms with van der Waals surface area (Å²) in [6.07, 6.45) is 0. The number of ether oxygens (including phenoxy) is 2. The Morgan fingerprint density at radius 1 is 1.18 bits per heavy atom. The van der Waals surface area contributed by atoms with Gasteiger partial charge in [0.1, 0.15) is 23.9 Å². The molecular formula is C20H17ClN2O4S. The Morgan fingerprint density at radius 2 is 1.96 bits per heavy atom. The van der Waals surface area contributed by atoms with Gasteiger partial charge in [-0.05, 0) is 36.4 Å². The van der Waals surface area contributed by atoms with E-state index in [4.69, 9.17) is 21.1 Å². The van der Waals surface area contributed by atoms with Crippen LogP contribution in [-0.2, 0) is 16.1 Å². The summed E-state index contributed by atoms with van der Waals surface area (Å²) in [5.74, 6) is -0.169. The summed E-state index contributed by atoms with van der Waals surface area (Å²) in [5.41, 5.74) is 1.98. The molecule has 3 aromatic rings. The second-order valence-corrected chi connectivity index (χ2v) is 7.02. The Balaban J connectivity index is 1.49. The number of benzene rings is 2. The first-order valence-corrected chi connectivity index (χ1v) is 9.59. The van der Waals surface area contributed by atoms with Gasteiger partial charge in [0.25, 0.3) is 5.91 Å². The molecule has 0 fully saturated rings. The Bertz CT molecular complexity index is 972. The maximum Gasteiger partial charge on any atom is 0.325 e. The number of rotatable bonds is 7. The summed E-state index contributed by atoms with van der Waals surface area (Å²) in [5, 5.41) is 5.68. The largest absolute Gasteiger partial charge is 0.497 e. The lowest BCUT2D eigenvalue weighted by molar-refractivity contribution is -0.143. The van der Waals surface area contributed by atoms with Crippen molar-refractivity contribution in [3.63, 3.8) is 0 Å². The molecule has 8 heteroatoms. The Hall–Kier alpha value is -2.90. The van der Waals surface area contributed by atoms with Crippen molar-refractivity contribution in [1.29, 1.82) is 0 Å². The predicted molar refractivity (Wildman–Crippen MR) is 108 cm³/mol. The van der Waals surface area contributed by atoms with Gasteiger partial charge in [-0.3, -0.25) is 9.59 Å². The summed E-state index contributed by atoms with van der Waals surface area (Å²) in [7, 11) is 1.61. The lowest BCUT2D eigenvalue weighted by Gasteiger charge is -2.06. The number of carbonyl (C=O) groups is 2. The number of amides is 1. The van der Waals surface area contributed by atoms with Crippen LogP contribution >= 0.6 is 22.9 Å². The first-order valence-electron chi connectivity index (χ1n) is 8.33. The van der Waals surface area contributed by atoms with Gasteiger partial charge in [0.05, 0.1) is 12.8 Å². The molecule has 1 aromatic heterocycles. The summed E-state index contributed by atoms with van der Waals surface area (Å²) in [6, 6.07) is 14.0. The van der Waals surface area contributed by atoms with Crippen molar-refractivity contribution in [1.82, 2.24) is 10.3 Å². The fourth-order valence-electron chi connectivity index (χ4n) is 2.32. The third-order valence-corrected chi connectivity index (χ3v) is 4.94. The normalized spacial score (nSPS) is 10.4. The zero-order valence-corrected chi connectivity index (χ0v) is 16.5. The standard InChI is InChI=1S/C20H17ClN2O4S/c1-26-17-4-2-3-14(9-17)20-23-16(12-28-20)11-27-18(24)10-22-19(25)13-5-7-15(21)8-6-13/h2-9,12H,10-11H2,1H3,(H,22,25). The molecule has 0 aliphatic carbocycles. The third-order valence-electron chi connectivity index (χ3n) is 3.75. The van der Waals surface area contributed by atoms with Crippen LogP contribution in [0.4, 0.5) is 0 Å². The minimum absolute atomic E-state index is 0.0378. The van der Waals surface area contributed by atoms with Gasteiger partial charge in [0, 0.05) is 21.5 Å². The van der Waals surface area contributed by atoms with Crippen LogP contribution in [-0.4, -0.2) is 30.5 Å². The molecule has 28 heavy (non-hydrogen) atoms. The van der Waals surface area contributed by atoms with Crippen LogP contribution in [0.15, 0.2) is 53.9 Å². The smallest absolute Gasteiger partial charge is 0.325 e. The number of aromatic nitrogens is 1. The second-order valence-electron chi connectivity index (χ2n) is 5.73. The molecular weight excluding hydrogens is 400 g/mol. The lowest BCUT2D eigenvalue weighted by atomic mass is 10.2. The maximum atomic E-state index is 12.0. The van der Waals surface area contributed by atoms with E-state index in [0.717, 1.165) is 16.3 Å². The first kappa shape index (κ1) is 19.9. The van der Waals surface area contributed by atoms with E-state index in [2.05, 4.69) is 10.3 Å². The molecule has 0 saturated heterocycles. The quantitative estimate of drug-likeness (QED) is 0.590. The van der Waals surface area contributed by atoms with E-state index in [1.165, 1.54) is 11.3 Å². The Kier molecular flexibility index (Phi) is 6.62. The van der Waals surface area contributed by atoms with Crippen molar-refractivity contribution in [2.24, 2.45) is 0 Å². The molecule has 6 nitrogen and oxygen atoms in total. The van der Waals surface area contributed by atoms with Crippen molar-refractivity contribution in [3.05, 3.63) is 70.2 Å². The highest BCUT2D eigenvalue weighted by Crippen LogP contribution is 2.27. The van der Waals surface area contributed by atoms with Crippen LogP contribution in [0.1, 0.15) is 16.1 Å². The third kappa shape index (κ3) is 5.31. The number of esters is 1. The number of nitrogens with one attached hydrogen (secondary N) is 1. The highest BCUT2D eigenvalue weighted by molar-refractivity contribution is 7.13. The van der Waals surface area contributed by atoms with Gasteiger partial charge in [-0.1, -0.05) is 23.7 Å². The van der Waals surface area contributed by atoms with Gasteiger partial charge in [0.15, 0.2) is 0 Å². The summed E-state index contributed by atoms with van der Waals surface area (Å²) < 4.78 is 10.4. The minimum atomic E-state index is -0.543. The molecule has 0 bridgehead atoms. The molecule has 0 radical (unpaired) electrons. The number of hydrogen-bond donors (Lipinski definition) is 1. The van der Waals surface area contributed by atoms with Gasteiger partial charge >= 0.3 is 5.97 Å². The van der Waals surface area contributed by atoms with Gasteiger partial charge < -0.3 is 14.8 Å². The average molecular weight is 417 g/mol. The van der Waals surface area contributed by atoms with Crippen LogP contribution in [0, 0.1) is 0 Å². The molecule has 1 amide bonds. The molecule has 1 N–H and O–H groups in total. The van der Waals surface area contributed by atoms with E-state index in [9.17, 15) is 9.59 Å². The van der Waals surface area contributed by atoms with Crippen LogP contribution in [0.25, 0.3) is 10.6 Å². The van der Waals surface area contributed by atoms with Crippen LogP contribution in [0.5, 0.6) is 5.75 Å². The van der Waals surface area contributed by atoms with E-state index in [-0.39, 0.29) is 19.1 Å². The molecule has 0 unspecified atom stereocenters. The van der Waals surface area contributed by atoms with Gasteiger partial charge in [-0.2, -0.15) is 0 Å². The molecule has 0 atom stereocenters. The van der Waals surface area contributed by atoms with Crippen molar-refractivity contribution in [2.75, 3.05) is 13.7 Å². The fourth-order valence-corrected chi connectivity index (χ4v) is 3.25. The number of hydrogen-bond acceptors (Lipinski definition) is 6. The van der Waals surface area contributed by atoms with Gasteiger partial charge in [-0.25, -0.2) is 4.98 Å². The lowest BCUT2D eigenvalue weighted by Crippen LogP contribution is -2.30. The monoisotopic (exact) mass is 416 g/mol. The Morgan fingerprint density at radius 3 is 2.71 bits per heavy atom. The zero-order valence-electron chi connectivity index (χ0n) is 15.0. The number of nitrogens with zero attached hydrogens (tertiary/aromatic N) is 1. The van der Waals surface area contributed by atoms with Crippen molar-refractivity contribution in [2.45, 2.75) is 6.61 Å². The van der Waals surface area contributed by atoms with Crippen molar-refractivity contribution in [3.8, 4) is 16.3 Å². The van der Waals surface area contributed by atoms with E-state index >= 15 is 0 Å². The molecule has 0 aliphatic rings. The van der Waals surface area contributed by atoms with E-state index < -0.39 is 5.97 Å². The van der Waals surface area contributed by atoms with Gasteiger partial charge in [-0.15, -0.1) is 11.3 Å². The van der Waals surface area contributed by atoms with Crippen molar-refractivity contribution >= 4 is 34.8 Å². The molecule has 3 rings (SSSR count). The first-order chi connectivity index (χ1) is 13.5. The zero-order chi connectivity index (χ0) is 19.9. The SMILES string of the molecule is COc1cccc(-c2nc(COC(=O)CNC(=O)c3ccc(Cl)cc3)cs2)c1. The topological polar surface area (TPSA) is 77.5 Å². The Labute approximate surface area is 171 Å². The highest BCUT2D eigenvalue weighted by Gasteiger charge is 2.11. The molecule has 0 spiro atoms. The van der Waals surface area contributed by atoms with E-state index in [1.807, 2.05) is 29.6 Å². The summed E-state index contributed by atoms with van der Waals surface area (Å²) in [6.45, 7) is -0.190. The maximum absolute atomic E-state index is 12.0. The molecule has 0 aliphatic heterocycles. The number of halogens is 1. The molecule has 1 heterocycles. The summed E-state index contributed by atoms with van der Waals surface area (Å²) >= 11 is 7.23. The number of thiazole rings is 1. The molecule has 0 saturated carbocycles. The van der Waals surface area contributed by atoms with Crippen molar-refractivity contribution < 1.29 is 19.1 Å². The average Bonchev–Trinajstić information content (AvgIpc) is 3.20. The predicted octanol–water partition coefficient (Wildman–Crippen LogP) is 3.95. The van der Waals surface area contributed by atoms with Gasteiger partial charge in [0.2, 0.25) is 0 Å². The van der Waals surface area contributed by atoms with Crippen LogP contribution in [0.2, 0.25) is 5.02 Å². The number of carbonyl (C=O) groups excluding carboxylic acids is 2. The second kappa shape index (κ2) is 9.34. The summed E-state index contributed by atoms with van der Waals surface area (Å²) in [4.78, 5) is 28.3. The van der Waals surface area contributed by atoms with Crippen LogP contribution in [0.3, 0.4) is 0 Å². The van der Waals surface area contributed by atoms with Crippen LogP contribution < -0.4 is 10.1 Å². The molecule has 2 aromatic carbocycles. The highest BCUT2D eigenvalue weighted by atomic mass is 35.5. The fraction of sp³-hybridized carbons (Fsp3) is 0.150.